The van der Waals surface area contributed by atoms with Gasteiger partial charge in [-0.15, -0.1) is 0 Å². The highest BCUT2D eigenvalue weighted by Gasteiger charge is 2.46. The molecule has 5 fully saturated rings. The van der Waals surface area contributed by atoms with Crippen molar-refractivity contribution in [2.45, 2.75) is 32.1 Å². The predicted molar refractivity (Wildman–Crippen MR) is 97.6 cm³/mol. The fourth-order valence-corrected chi connectivity index (χ4v) is 6.82. The minimum Gasteiger partial charge on any atom is -0.496 e. The van der Waals surface area contributed by atoms with E-state index >= 15 is 0 Å². The Morgan fingerprint density at radius 2 is 1.69 bits per heavy atom. The maximum Gasteiger partial charge on any atom is 0.530 e. The lowest BCUT2D eigenvalue weighted by Gasteiger charge is -2.51. The molecule has 4 bridgehead atoms. The largest absolute Gasteiger partial charge is 0.530 e. The second-order valence-corrected chi connectivity index (χ2v) is 9.62. The normalized spacial score (nSPS) is 34.1. The Bertz CT molecular complexity index is 746. The molecule has 1 aromatic rings. The zero-order valence-electron chi connectivity index (χ0n) is 15.1. The van der Waals surface area contributed by atoms with Gasteiger partial charge in [-0.25, -0.2) is 4.57 Å². The summed E-state index contributed by atoms with van der Waals surface area (Å²) in [5.41, 5.74) is 2.48. The third-order valence-electron chi connectivity index (χ3n) is 6.38. The third kappa shape index (κ3) is 2.90. The molecule has 6 heteroatoms. The summed E-state index contributed by atoms with van der Waals surface area (Å²) >= 11 is 0. The molecule has 140 valence electrons. The van der Waals surface area contributed by atoms with Crippen LogP contribution in [0.15, 0.2) is 29.8 Å². The van der Waals surface area contributed by atoms with E-state index in [2.05, 4.69) is 0 Å². The van der Waals surface area contributed by atoms with Gasteiger partial charge in [0.05, 0.1) is 20.3 Å². The monoisotopic (exact) mass is 376 g/mol. The lowest BCUT2D eigenvalue weighted by Crippen LogP contribution is -2.40. The van der Waals surface area contributed by atoms with Crippen molar-refractivity contribution < 1.29 is 22.9 Å². The van der Waals surface area contributed by atoms with Gasteiger partial charge in [0.1, 0.15) is 11.5 Å². The summed E-state index contributed by atoms with van der Waals surface area (Å²) in [6.07, 6.45) is 6.66. The van der Waals surface area contributed by atoms with Gasteiger partial charge in [-0.2, -0.15) is 0 Å². The van der Waals surface area contributed by atoms with Crippen LogP contribution in [0, 0.1) is 23.7 Å². The molecule has 5 nitrogen and oxygen atoms in total. The molecule has 0 amide bonds. The van der Waals surface area contributed by atoms with E-state index < -0.39 is 7.82 Å². The molecule has 0 atom stereocenters. The van der Waals surface area contributed by atoms with Crippen molar-refractivity contribution in [3.63, 3.8) is 0 Å². The molecule has 5 aliphatic rings. The highest BCUT2D eigenvalue weighted by molar-refractivity contribution is 7.49. The van der Waals surface area contributed by atoms with Gasteiger partial charge in [-0.3, -0.25) is 9.05 Å². The van der Waals surface area contributed by atoms with Gasteiger partial charge in [-0.05, 0) is 73.5 Å². The number of rotatable bonds is 4. The van der Waals surface area contributed by atoms with Gasteiger partial charge < -0.3 is 9.26 Å². The van der Waals surface area contributed by atoms with Crippen LogP contribution in [0.4, 0.5) is 0 Å². The molecule has 0 N–H and O–H groups in total. The van der Waals surface area contributed by atoms with E-state index in [4.69, 9.17) is 18.3 Å². The summed E-state index contributed by atoms with van der Waals surface area (Å²) in [4.78, 5) is 0. The molecule has 1 aliphatic heterocycles. The molecule has 0 radical (unpaired) electrons. The van der Waals surface area contributed by atoms with Crippen LogP contribution in [-0.4, -0.2) is 20.3 Å². The first-order chi connectivity index (χ1) is 12.6. The molecule has 0 spiro atoms. The van der Waals surface area contributed by atoms with Crippen LogP contribution in [0.1, 0.15) is 37.7 Å². The van der Waals surface area contributed by atoms with Gasteiger partial charge in [0.15, 0.2) is 0 Å². The van der Waals surface area contributed by atoms with E-state index in [0.29, 0.717) is 30.8 Å². The molecule has 4 saturated carbocycles. The Hall–Kier alpha value is -1.29. The van der Waals surface area contributed by atoms with Crippen LogP contribution in [-0.2, 0) is 18.3 Å². The maximum absolute atomic E-state index is 12.3. The van der Waals surface area contributed by atoms with Crippen molar-refractivity contribution >= 4 is 13.6 Å². The number of methoxy groups -OCH3 is 1. The van der Waals surface area contributed by atoms with Crippen LogP contribution in [0.3, 0.4) is 0 Å². The Morgan fingerprint density at radius 1 is 1.04 bits per heavy atom. The first kappa shape index (κ1) is 16.9. The molecule has 6 rings (SSSR count). The van der Waals surface area contributed by atoms with Crippen molar-refractivity contribution in [2.24, 2.45) is 23.7 Å². The van der Waals surface area contributed by atoms with Crippen molar-refractivity contribution in [3.05, 3.63) is 35.4 Å². The summed E-state index contributed by atoms with van der Waals surface area (Å²) in [5, 5.41) is 0. The van der Waals surface area contributed by atoms with E-state index in [1.54, 1.807) is 13.2 Å². The number of hydrogen-bond donors (Lipinski definition) is 0. The van der Waals surface area contributed by atoms with Gasteiger partial charge in [-0.1, -0.05) is 12.1 Å². The second-order valence-electron chi connectivity index (χ2n) is 8.03. The summed E-state index contributed by atoms with van der Waals surface area (Å²) in [5.74, 6) is 4.62. The Morgan fingerprint density at radius 3 is 2.31 bits per heavy atom. The summed E-state index contributed by atoms with van der Waals surface area (Å²) in [6, 6.07) is 7.61. The molecule has 4 aliphatic carbocycles. The number of ether oxygens (including phenoxy) is 1. The van der Waals surface area contributed by atoms with Crippen molar-refractivity contribution in [1.82, 2.24) is 0 Å². The lowest BCUT2D eigenvalue weighted by molar-refractivity contribution is 0.0675. The molecule has 0 unspecified atom stereocenters. The van der Waals surface area contributed by atoms with Crippen LogP contribution in [0.2, 0.25) is 0 Å². The zero-order chi connectivity index (χ0) is 17.7. The van der Waals surface area contributed by atoms with Crippen molar-refractivity contribution in [2.75, 3.05) is 20.3 Å². The SMILES string of the molecule is COC(=C1C2CC3CC(C2)CC1C3)c1cccc(OP2(=O)OCCO2)c1. The van der Waals surface area contributed by atoms with E-state index in [0.717, 1.165) is 23.2 Å². The molecular weight excluding hydrogens is 351 g/mol. The number of hydrogen-bond acceptors (Lipinski definition) is 5. The standard InChI is InChI=1S/C20H25O5P/c1-22-20(19-16-8-13-7-14(10-16)11-17(19)9-13)15-3-2-4-18(12-15)25-26(21)23-5-6-24-26/h2-4,12-14,16-17H,5-11H2,1H3. The van der Waals surface area contributed by atoms with Crippen LogP contribution < -0.4 is 4.52 Å². The maximum atomic E-state index is 12.3. The fourth-order valence-electron chi connectivity index (χ4n) is 5.68. The van der Waals surface area contributed by atoms with Crippen molar-refractivity contribution in [1.29, 1.82) is 0 Å². The number of benzene rings is 1. The first-order valence-electron chi connectivity index (χ1n) is 9.61. The summed E-state index contributed by atoms with van der Waals surface area (Å²) < 4.78 is 34.0. The molecule has 1 heterocycles. The Labute approximate surface area is 154 Å². The minimum atomic E-state index is -3.46. The molecule has 1 saturated heterocycles. The molecule has 26 heavy (non-hydrogen) atoms. The van der Waals surface area contributed by atoms with Gasteiger partial charge in [0, 0.05) is 5.56 Å². The highest BCUT2D eigenvalue weighted by Crippen LogP contribution is 2.58. The number of phosphoric ester groups is 1. The van der Waals surface area contributed by atoms with Crippen LogP contribution in [0.25, 0.3) is 5.76 Å². The molecular formula is C20H25O5P. The quantitative estimate of drug-likeness (QED) is 0.545. The number of phosphoric acid groups is 1. The van der Waals surface area contributed by atoms with Crippen LogP contribution in [0.5, 0.6) is 5.75 Å². The topological polar surface area (TPSA) is 54.0 Å². The third-order valence-corrected chi connectivity index (χ3v) is 7.81. The van der Waals surface area contributed by atoms with E-state index in [1.807, 2.05) is 18.2 Å². The smallest absolute Gasteiger partial charge is 0.496 e. The summed E-state index contributed by atoms with van der Waals surface area (Å²) in [7, 11) is -1.70. The van der Waals surface area contributed by atoms with Crippen LogP contribution >= 0.6 is 7.82 Å². The minimum absolute atomic E-state index is 0.302. The van der Waals surface area contributed by atoms with E-state index in [-0.39, 0.29) is 0 Å². The fraction of sp³-hybridized carbons (Fsp3) is 0.600. The molecule has 0 aromatic heterocycles. The zero-order valence-corrected chi connectivity index (χ0v) is 16.0. The highest BCUT2D eigenvalue weighted by atomic mass is 31.2. The van der Waals surface area contributed by atoms with E-state index in [9.17, 15) is 4.57 Å². The van der Waals surface area contributed by atoms with E-state index in [1.165, 1.54) is 37.7 Å². The number of allylic oxidation sites excluding steroid dienone is 1. The Balaban J connectivity index is 1.48. The van der Waals surface area contributed by atoms with Gasteiger partial charge in [0.2, 0.25) is 0 Å². The van der Waals surface area contributed by atoms with Gasteiger partial charge in [0.25, 0.3) is 0 Å². The Kier molecular flexibility index (Phi) is 4.15. The molecule has 1 aromatic carbocycles. The lowest BCUT2D eigenvalue weighted by atomic mass is 9.54. The average molecular weight is 376 g/mol. The van der Waals surface area contributed by atoms with Gasteiger partial charge >= 0.3 is 7.82 Å². The summed E-state index contributed by atoms with van der Waals surface area (Å²) in [6.45, 7) is 0.603. The first-order valence-corrected chi connectivity index (χ1v) is 11.1. The second kappa shape index (κ2) is 6.40. The van der Waals surface area contributed by atoms with Crippen molar-refractivity contribution in [3.8, 4) is 5.75 Å². The average Bonchev–Trinajstić information content (AvgIpc) is 3.03. The predicted octanol–water partition coefficient (Wildman–Crippen LogP) is 5.03.